The second-order valence-electron chi connectivity index (χ2n) is 11.4. The molecule has 10 heteroatoms. The molecule has 3 atom stereocenters. The van der Waals surface area contributed by atoms with Gasteiger partial charge in [-0.3, -0.25) is 9.69 Å². The van der Waals surface area contributed by atoms with E-state index in [4.69, 9.17) is 16.0 Å². The number of hydrogen-bond acceptors (Lipinski definition) is 6. The van der Waals surface area contributed by atoms with Gasteiger partial charge >= 0.3 is 6.09 Å². The number of nitrogens with zero attached hydrogens (tertiary/aromatic N) is 2. The van der Waals surface area contributed by atoms with Crippen LogP contribution in [0.4, 0.5) is 4.79 Å². The number of fused-ring (bicyclic) bond motifs is 2. The van der Waals surface area contributed by atoms with E-state index in [-0.39, 0.29) is 47.5 Å². The van der Waals surface area contributed by atoms with E-state index in [2.05, 4.69) is 0 Å². The molecule has 1 unspecified atom stereocenters. The van der Waals surface area contributed by atoms with Gasteiger partial charge in [0.05, 0.1) is 23.7 Å². The topological polar surface area (TPSA) is 114 Å². The molecular formula is C33H34Cl2N2O6. The maximum atomic E-state index is 13.5. The molecule has 2 aliphatic rings. The zero-order valence-corrected chi connectivity index (χ0v) is 25.3. The van der Waals surface area contributed by atoms with Gasteiger partial charge in [-0.25, -0.2) is 4.79 Å². The number of β-amino-alcohol motifs (C(OH)–C–C–N with tert-alkyl or cyclic N) is 1. The smallest absolute Gasteiger partial charge is 0.408 e. The lowest BCUT2D eigenvalue weighted by Gasteiger charge is -2.37. The van der Waals surface area contributed by atoms with Crippen LogP contribution >= 0.6 is 24.0 Å². The Bertz CT molecular complexity index is 1720. The standard InChI is InChI=1S/C33H33ClN2O6.ClH/c1-35-14-13-23(28(39)18-35)30-20(17-36(33(40)41)25-12-6-8-19-7-2-3-9-21(19)25)15-26(37)31-27(38)16-29(42-32(30)31)22-10-4-5-11-24(22)34;/h2-5,7,9-11,15-16,23,25,28,37,39H,6,8,12-14,17-18H2,1H3,(H,40,41);1H/t23-,25?,28+;/m0./s1. The molecule has 0 saturated carbocycles. The quantitative estimate of drug-likeness (QED) is 0.230. The number of carboxylic acid groups (broad SMARTS) is 1. The first-order valence-corrected chi connectivity index (χ1v) is 14.6. The van der Waals surface area contributed by atoms with Gasteiger partial charge < -0.3 is 24.6 Å². The lowest BCUT2D eigenvalue weighted by molar-refractivity contribution is 0.0631. The van der Waals surface area contributed by atoms with Crippen LogP contribution in [0.2, 0.25) is 5.02 Å². The predicted molar refractivity (Wildman–Crippen MR) is 168 cm³/mol. The third kappa shape index (κ3) is 5.85. The van der Waals surface area contributed by atoms with Crippen molar-refractivity contribution in [3.8, 4) is 17.1 Å². The Hall–Kier alpha value is -3.56. The van der Waals surface area contributed by atoms with Gasteiger partial charge in [-0.05, 0) is 74.2 Å². The van der Waals surface area contributed by atoms with E-state index in [1.165, 1.54) is 17.0 Å². The number of amides is 1. The molecular weight excluding hydrogens is 591 g/mol. The summed E-state index contributed by atoms with van der Waals surface area (Å²) in [5.74, 6) is -0.507. The number of rotatable bonds is 5. The fraction of sp³-hybridized carbons (Fsp3) is 0.333. The van der Waals surface area contributed by atoms with Gasteiger partial charge in [0.15, 0.2) is 5.43 Å². The number of aryl methyl sites for hydroxylation is 1. The average molecular weight is 626 g/mol. The zero-order valence-electron chi connectivity index (χ0n) is 23.7. The maximum Gasteiger partial charge on any atom is 0.408 e. The lowest BCUT2D eigenvalue weighted by atomic mass is 9.82. The number of aromatic hydroxyl groups is 1. The minimum atomic E-state index is -1.09. The first-order chi connectivity index (χ1) is 20.2. The van der Waals surface area contributed by atoms with Crippen molar-refractivity contribution in [1.82, 2.24) is 9.80 Å². The summed E-state index contributed by atoms with van der Waals surface area (Å²) >= 11 is 6.45. The molecule has 0 spiro atoms. The molecule has 43 heavy (non-hydrogen) atoms. The van der Waals surface area contributed by atoms with Crippen LogP contribution in [0.15, 0.2) is 69.9 Å². The monoisotopic (exact) mass is 624 g/mol. The Morgan fingerprint density at radius 1 is 1.12 bits per heavy atom. The summed E-state index contributed by atoms with van der Waals surface area (Å²) in [5, 5.41) is 33.3. The molecule has 0 bridgehead atoms. The summed E-state index contributed by atoms with van der Waals surface area (Å²) in [7, 11) is 1.93. The van der Waals surface area contributed by atoms with Gasteiger partial charge in [0, 0.05) is 29.7 Å². The summed E-state index contributed by atoms with van der Waals surface area (Å²) in [6.45, 7) is 1.04. The van der Waals surface area contributed by atoms with Crippen LogP contribution in [0, 0.1) is 0 Å². The lowest BCUT2D eigenvalue weighted by Crippen LogP contribution is -2.41. The van der Waals surface area contributed by atoms with Crippen molar-refractivity contribution < 1.29 is 24.5 Å². The summed E-state index contributed by atoms with van der Waals surface area (Å²) in [6, 6.07) is 17.3. The van der Waals surface area contributed by atoms with Crippen LogP contribution in [0.5, 0.6) is 5.75 Å². The highest BCUT2D eigenvalue weighted by atomic mass is 35.5. The van der Waals surface area contributed by atoms with Crippen LogP contribution in [0.1, 0.15) is 53.5 Å². The maximum absolute atomic E-state index is 13.5. The van der Waals surface area contributed by atoms with E-state index < -0.39 is 23.5 Å². The van der Waals surface area contributed by atoms with E-state index in [0.29, 0.717) is 47.6 Å². The predicted octanol–water partition coefficient (Wildman–Crippen LogP) is 6.58. The number of phenols is 1. The number of benzene rings is 3. The fourth-order valence-electron chi connectivity index (χ4n) is 6.69. The van der Waals surface area contributed by atoms with Crippen molar-refractivity contribution in [3.63, 3.8) is 0 Å². The minimum Gasteiger partial charge on any atom is -0.507 e. The Morgan fingerprint density at radius 2 is 1.86 bits per heavy atom. The van der Waals surface area contributed by atoms with Crippen molar-refractivity contribution in [2.75, 3.05) is 20.1 Å². The fourth-order valence-corrected chi connectivity index (χ4v) is 6.92. The number of piperidine rings is 1. The highest BCUT2D eigenvalue weighted by molar-refractivity contribution is 6.33. The molecule has 1 aliphatic heterocycles. The highest BCUT2D eigenvalue weighted by Gasteiger charge is 2.35. The molecule has 3 aromatic carbocycles. The zero-order chi connectivity index (χ0) is 29.5. The van der Waals surface area contributed by atoms with Crippen LogP contribution in [0.25, 0.3) is 22.3 Å². The normalized spacial score (nSPS) is 20.3. The van der Waals surface area contributed by atoms with Gasteiger partial charge in [0.2, 0.25) is 0 Å². The molecule has 1 fully saturated rings. The highest BCUT2D eigenvalue weighted by Crippen LogP contribution is 2.42. The van der Waals surface area contributed by atoms with E-state index in [0.717, 1.165) is 24.0 Å². The molecule has 1 amide bonds. The van der Waals surface area contributed by atoms with Crippen LogP contribution < -0.4 is 5.43 Å². The third-order valence-corrected chi connectivity index (χ3v) is 9.03. The van der Waals surface area contributed by atoms with E-state index in [1.807, 2.05) is 36.2 Å². The SMILES string of the molecule is CN1CC[C@H](c2c(CN(C(=O)O)C3CCCc4ccccc43)cc(O)c3c(=O)cc(-c4ccccc4Cl)oc23)[C@H](O)C1.Cl. The molecule has 4 aromatic rings. The molecule has 0 radical (unpaired) electrons. The third-order valence-electron chi connectivity index (χ3n) is 8.70. The molecule has 1 aromatic heterocycles. The molecule has 6 rings (SSSR count). The van der Waals surface area contributed by atoms with E-state index in [1.54, 1.807) is 24.3 Å². The molecule has 1 aliphatic carbocycles. The Labute approximate surface area is 260 Å². The number of aliphatic hydroxyl groups excluding tert-OH is 1. The summed E-state index contributed by atoms with van der Waals surface area (Å²) in [4.78, 5) is 29.7. The van der Waals surface area contributed by atoms with E-state index in [9.17, 15) is 24.9 Å². The number of phenolic OH excluding ortho intramolecular Hbond substituents is 1. The summed E-state index contributed by atoms with van der Waals surface area (Å²) < 4.78 is 6.40. The second-order valence-corrected chi connectivity index (χ2v) is 11.8. The second kappa shape index (κ2) is 12.6. The van der Waals surface area contributed by atoms with Gasteiger partial charge in [-0.1, -0.05) is 48.0 Å². The first-order valence-electron chi connectivity index (χ1n) is 14.2. The summed E-state index contributed by atoms with van der Waals surface area (Å²) in [6.07, 6.45) is 1.09. The molecule has 1 saturated heterocycles. The Morgan fingerprint density at radius 3 is 2.60 bits per heavy atom. The number of hydrogen-bond donors (Lipinski definition) is 3. The van der Waals surface area contributed by atoms with Gasteiger partial charge in [0.1, 0.15) is 22.5 Å². The first kappa shape index (κ1) is 30.9. The average Bonchev–Trinajstić information content (AvgIpc) is 2.96. The van der Waals surface area contributed by atoms with Crippen molar-refractivity contribution in [3.05, 3.63) is 98.2 Å². The van der Waals surface area contributed by atoms with Gasteiger partial charge in [0.25, 0.3) is 0 Å². The van der Waals surface area contributed by atoms with Gasteiger partial charge in [-0.2, -0.15) is 0 Å². The number of carbonyl (C=O) groups is 1. The number of halogens is 2. The molecule has 3 N–H and O–H groups in total. The minimum absolute atomic E-state index is 0. The van der Waals surface area contributed by atoms with Crippen molar-refractivity contribution >= 4 is 41.1 Å². The number of likely N-dealkylation sites (N-methyl/N-ethyl adjacent to an activating group) is 1. The summed E-state index contributed by atoms with van der Waals surface area (Å²) in [5.41, 5.74) is 3.37. The van der Waals surface area contributed by atoms with Crippen LogP contribution in [0.3, 0.4) is 0 Å². The Kier molecular flexibility index (Phi) is 9.04. The number of likely N-dealkylation sites (tertiary alicyclic amines) is 1. The van der Waals surface area contributed by atoms with Gasteiger partial charge in [-0.15, -0.1) is 12.4 Å². The molecule has 2 heterocycles. The van der Waals surface area contributed by atoms with Crippen molar-refractivity contribution in [2.24, 2.45) is 0 Å². The van der Waals surface area contributed by atoms with Crippen LogP contribution in [-0.2, 0) is 13.0 Å². The Balaban J connectivity index is 0.00000368. The number of aliphatic hydroxyl groups is 1. The molecule has 226 valence electrons. The van der Waals surface area contributed by atoms with Crippen molar-refractivity contribution in [1.29, 1.82) is 0 Å². The van der Waals surface area contributed by atoms with Crippen molar-refractivity contribution in [2.45, 2.75) is 50.3 Å². The van der Waals surface area contributed by atoms with Crippen LogP contribution in [-0.4, -0.2) is 57.5 Å². The van der Waals surface area contributed by atoms with E-state index >= 15 is 0 Å². The largest absolute Gasteiger partial charge is 0.507 e. The molecule has 8 nitrogen and oxygen atoms in total.